The van der Waals surface area contributed by atoms with Crippen LogP contribution in [0.15, 0.2) is 24.3 Å². The molecule has 2 aliphatic rings. The first-order valence-electron chi connectivity index (χ1n) is 15.7. The lowest BCUT2D eigenvalue weighted by Crippen LogP contribution is -2.31. The second-order valence-corrected chi connectivity index (χ2v) is 12.4. The van der Waals surface area contributed by atoms with Crippen LogP contribution in [0.5, 0.6) is 11.5 Å². The number of ketones is 1. The summed E-state index contributed by atoms with van der Waals surface area (Å²) in [5, 5.41) is 20.6. The fourth-order valence-corrected chi connectivity index (χ4v) is 5.85. The summed E-state index contributed by atoms with van der Waals surface area (Å²) in [4.78, 5) is 41.5. The van der Waals surface area contributed by atoms with Gasteiger partial charge in [-0.05, 0) is 61.9 Å². The lowest BCUT2D eigenvalue weighted by molar-refractivity contribution is -0.137. The highest BCUT2D eigenvalue weighted by atomic mass is 79.9. The van der Waals surface area contributed by atoms with Crippen LogP contribution in [0.1, 0.15) is 91.3 Å². The van der Waals surface area contributed by atoms with Gasteiger partial charge in [-0.1, -0.05) is 20.8 Å². The third-order valence-electron chi connectivity index (χ3n) is 8.11. The molecule has 0 bridgehead atoms. The van der Waals surface area contributed by atoms with E-state index >= 15 is 0 Å². The molecule has 1 amide bonds. The SMILES string of the molecule is Br.CCOc1cc2c(cc1C(=O)NC)C(=N)N(CC(=O)c1cc(N3CCC(OCC)C3)c(OCCCC(=O)O)c(C(C)(C)C)c1)C2. The first-order chi connectivity index (χ1) is 21.4. The minimum atomic E-state index is -0.872. The van der Waals surface area contributed by atoms with Crippen molar-refractivity contribution in [2.75, 3.05) is 51.4 Å². The van der Waals surface area contributed by atoms with Crippen LogP contribution in [0.2, 0.25) is 0 Å². The molecule has 2 aromatic carbocycles. The summed E-state index contributed by atoms with van der Waals surface area (Å²) in [7, 11) is 1.55. The maximum atomic E-state index is 14.0. The second-order valence-electron chi connectivity index (χ2n) is 12.4. The summed E-state index contributed by atoms with van der Waals surface area (Å²) in [5.74, 6) is -0.0266. The van der Waals surface area contributed by atoms with Crippen molar-refractivity contribution >= 4 is 46.2 Å². The molecule has 0 saturated carbocycles. The maximum absolute atomic E-state index is 14.0. The predicted molar refractivity (Wildman–Crippen MR) is 183 cm³/mol. The first kappa shape index (κ1) is 36.8. The van der Waals surface area contributed by atoms with E-state index in [1.54, 1.807) is 24.1 Å². The zero-order chi connectivity index (χ0) is 32.9. The molecule has 4 rings (SSSR count). The summed E-state index contributed by atoms with van der Waals surface area (Å²) < 4.78 is 17.9. The molecule has 11 nitrogen and oxygen atoms in total. The van der Waals surface area contributed by atoms with Gasteiger partial charge in [-0.15, -0.1) is 17.0 Å². The van der Waals surface area contributed by atoms with Gasteiger partial charge in [-0.25, -0.2) is 0 Å². The Kier molecular flexibility index (Phi) is 12.6. The van der Waals surface area contributed by atoms with Crippen LogP contribution in [0, 0.1) is 5.41 Å². The van der Waals surface area contributed by atoms with Gasteiger partial charge in [0.15, 0.2) is 5.78 Å². The highest BCUT2D eigenvalue weighted by Crippen LogP contribution is 2.42. The van der Waals surface area contributed by atoms with E-state index in [2.05, 4.69) is 31.0 Å². The number of aliphatic carboxylic acids is 1. The Morgan fingerprint density at radius 2 is 1.83 bits per heavy atom. The number of benzene rings is 2. The monoisotopic (exact) mass is 702 g/mol. The van der Waals surface area contributed by atoms with Crippen LogP contribution < -0.4 is 19.7 Å². The highest BCUT2D eigenvalue weighted by molar-refractivity contribution is 8.93. The average Bonchev–Trinajstić information content (AvgIpc) is 3.57. The van der Waals surface area contributed by atoms with Crippen molar-refractivity contribution in [1.82, 2.24) is 10.2 Å². The van der Waals surface area contributed by atoms with Gasteiger partial charge in [0, 0.05) is 56.4 Å². The van der Waals surface area contributed by atoms with Gasteiger partial charge in [-0.3, -0.25) is 19.8 Å². The molecule has 3 N–H and O–H groups in total. The number of amides is 1. The van der Waals surface area contributed by atoms with Crippen molar-refractivity contribution in [3.8, 4) is 11.5 Å². The predicted octanol–water partition coefficient (Wildman–Crippen LogP) is 5.20. The van der Waals surface area contributed by atoms with Crippen molar-refractivity contribution < 1.29 is 33.7 Å². The van der Waals surface area contributed by atoms with Gasteiger partial charge in [0.05, 0.1) is 37.1 Å². The van der Waals surface area contributed by atoms with Gasteiger partial charge in [0.1, 0.15) is 17.3 Å². The standard InChI is InChI=1S/C34H46N4O7.BrH/c1-7-43-23-11-12-37(19-23)27-15-21(14-26(34(3,4)5)31(27)45-13-9-10-30(40)41)28(39)20-38-18-22-16-29(44-8-2)25(33(42)36-6)17-24(22)32(38)35;/h14-17,23,35H,7-13,18-20H2,1-6H3,(H,36,42)(H,40,41);1H. The normalized spacial score (nSPS) is 15.8. The Morgan fingerprint density at radius 3 is 2.46 bits per heavy atom. The van der Waals surface area contributed by atoms with Crippen LogP contribution in [0.4, 0.5) is 5.69 Å². The molecule has 1 unspecified atom stereocenters. The Morgan fingerprint density at radius 1 is 1.09 bits per heavy atom. The number of nitrogens with one attached hydrogen (secondary N) is 2. The zero-order valence-electron chi connectivity index (χ0n) is 27.7. The Hall–Kier alpha value is -3.64. The number of nitrogens with zero attached hydrogens (tertiary/aromatic N) is 2. The molecule has 252 valence electrons. The van der Waals surface area contributed by atoms with E-state index in [9.17, 15) is 14.4 Å². The number of rotatable bonds is 14. The van der Waals surface area contributed by atoms with Gasteiger partial charge >= 0.3 is 5.97 Å². The van der Waals surface area contributed by atoms with E-state index < -0.39 is 5.97 Å². The minimum absolute atomic E-state index is 0. The molecular weight excluding hydrogens is 656 g/mol. The number of carboxylic acids is 1. The van der Waals surface area contributed by atoms with Crippen LogP contribution in [0.3, 0.4) is 0 Å². The summed E-state index contributed by atoms with van der Waals surface area (Å²) in [6, 6.07) is 7.19. The fraction of sp³-hybridized carbons (Fsp3) is 0.529. The van der Waals surface area contributed by atoms with Gasteiger partial charge < -0.3 is 34.4 Å². The molecule has 1 fully saturated rings. The Balaban J connectivity index is 0.00000576. The molecule has 0 spiro atoms. The Bertz CT molecular complexity index is 1460. The number of carbonyl (C=O) groups excluding carboxylic acids is 2. The smallest absolute Gasteiger partial charge is 0.303 e. The van der Waals surface area contributed by atoms with Crippen molar-refractivity contribution in [2.24, 2.45) is 0 Å². The van der Waals surface area contributed by atoms with Gasteiger partial charge in [-0.2, -0.15) is 0 Å². The quantitative estimate of drug-likeness (QED) is 0.179. The number of fused-ring (bicyclic) bond motifs is 1. The molecule has 2 heterocycles. The molecule has 2 aliphatic heterocycles. The molecule has 0 aliphatic carbocycles. The number of amidine groups is 1. The summed E-state index contributed by atoms with van der Waals surface area (Å²) >= 11 is 0. The lowest BCUT2D eigenvalue weighted by atomic mass is 9.84. The zero-order valence-corrected chi connectivity index (χ0v) is 29.4. The van der Waals surface area contributed by atoms with Gasteiger partial charge in [0.25, 0.3) is 5.91 Å². The number of anilines is 1. The van der Waals surface area contributed by atoms with Crippen molar-refractivity contribution in [1.29, 1.82) is 5.41 Å². The first-order valence-corrected chi connectivity index (χ1v) is 15.7. The third-order valence-corrected chi connectivity index (χ3v) is 8.11. The lowest BCUT2D eigenvalue weighted by Gasteiger charge is -2.30. The van der Waals surface area contributed by atoms with Crippen LogP contribution in [0.25, 0.3) is 0 Å². The van der Waals surface area contributed by atoms with E-state index in [0.29, 0.717) is 60.9 Å². The largest absolute Gasteiger partial charge is 0.493 e. The number of Topliss-reactive ketones (excluding diaryl/α,β-unsaturated/α-hetero) is 1. The molecule has 1 atom stereocenters. The maximum Gasteiger partial charge on any atom is 0.303 e. The molecule has 2 aromatic rings. The number of halogens is 1. The number of carboxylic acid groups (broad SMARTS) is 1. The van der Waals surface area contributed by atoms with Gasteiger partial charge in [0.2, 0.25) is 0 Å². The molecule has 0 radical (unpaired) electrons. The summed E-state index contributed by atoms with van der Waals surface area (Å²) in [6.07, 6.45) is 1.29. The molecule has 12 heteroatoms. The molecule has 1 saturated heterocycles. The van der Waals surface area contributed by atoms with Crippen molar-refractivity contribution in [3.63, 3.8) is 0 Å². The number of hydrogen-bond donors (Lipinski definition) is 3. The molecular formula is C34H47BrN4O7. The second kappa shape index (κ2) is 15.8. The van der Waals surface area contributed by atoms with E-state index in [1.807, 2.05) is 26.0 Å². The number of ether oxygens (including phenoxy) is 3. The van der Waals surface area contributed by atoms with E-state index in [0.717, 1.165) is 29.8 Å². The number of carbonyl (C=O) groups is 3. The minimum Gasteiger partial charge on any atom is -0.493 e. The van der Waals surface area contributed by atoms with E-state index in [4.69, 9.17) is 24.7 Å². The number of hydrogen-bond acceptors (Lipinski definition) is 8. The van der Waals surface area contributed by atoms with E-state index in [-0.39, 0.29) is 65.6 Å². The molecule has 0 aromatic heterocycles. The average molecular weight is 704 g/mol. The fourth-order valence-electron chi connectivity index (χ4n) is 5.85. The topological polar surface area (TPSA) is 141 Å². The van der Waals surface area contributed by atoms with E-state index in [1.165, 1.54) is 0 Å². The van der Waals surface area contributed by atoms with Crippen molar-refractivity contribution in [3.05, 3.63) is 52.1 Å². The highest BCUT2D eigenvalue weighted by Gasteiger charge is 2.33. The van der Waals surface area contributed by atoms with Crippen LogP contribution >= 0.6 is 17.0 Å². The Labute approximate surface area is 281 Å². The van der Waals surface area contributed by atoms with Crippen molar-refractivity contribution in [2.45, 2.75) is 71.9 Å². The van der Waals surface area contributed by atoms with Crippen LogP contribution in [-0.4, -0.2) is 86.1 Å². The summed E-state index contributed by atoms with van der Waals surface area (Å²) in [6.45, 7) is 13.0. The third kappa shape index (κ3) is 8.38. The summed E-state index contributed by atoms with van der Waals surface area (Å²) in [5.41, 5.74) is 3.56. The van der Waals surface area contributed by atoms with Crippen LogP contribution in [-0.2, 0) is 21.5 Å². The molecule has 46 heavy (non-hydrogen) atoms.